The zero-order chi connectivity index (χ0) is 16.6. The van der Waals surface area contributed by atoms with Gasteiger partial charge in [0.1, 0.15) is 24.4 Å². The topological polar surface area (TPSA) is 49.5 Å². The Balaban J connectivity index is 1.22. The molecule has 3 aliphatic heterocycles. The average Bonchev–Trinajstić information content (AvgIpc) is 3.49. The maximum Gasteiger partial charge on any atom is 0.187 e. The van der Waals surface area contributed by atoms with Crippen molar-refractivity contribution in [2.24, 2.45) is 0 Å². The maximum absolute atomic E-state index is 6.11. The fourth-order valence-electron chi connectivity index (χ4n) is 3.49. The Labute approximate surface area is 146 Å². The van der Waals surface area contributed by atoms with Gasteiger partial charge in [0.25, 0.3) is 0 Å². The van der Waals surface area contributed by atoms with Gasteiger partial charge in [0.2, 0.25) is 0 Å². The molecule has 3 aliphatic rings. The summed E-state index contributed by atoms with van der Waals surface area (Å²) in [6.07, 6.45) is -1.04. The van der Waals surface area contributed by atoms with E-state index in [1.165, 1.54) is 0 Å². The largest absolute Gasteiger partial charge is 0.361 e. The van der Waals surface area contributed by atoms with Crippen LogP contribution in [0.15, 0.2) is 60.7 Å². The molecule has 3 saturated heterocycles. The Hall–Kier alpha value is -1.76. The molecule has 130 valence electrons. The fourth-order valence-corrected chi connectivity index (χ4v) is 3.49. The summed E-state index contributed by atoms with van der Waals surface area (Å²) in [4.78, 5) is 0. The minimum Gasteiger partial charge on any atom is -0.361 e. The van der Waals surface area contributed by atoms with E-state index < -0.39 is 0 Å². The zero-order valence-electron chi connectivity index (χ0n) is 13.7. The quantitative estimate of drug-likeness (QED) is 0.801. The summed E-state index contributed by atoms with van der Waals surface area (Å²) in [6, 6.07) is 20.0. The lowest BCUT2D eigenvalue weighted by molar-refractivity contribution is -0.308. The van der Waals surface area contributed by atoms with Crippen molar-refractivity contribution in [3.05, 3.63) is 71.8 Å². The highest BCUT2D eigenvalue weighted by molar-refractivity contribution is 5.17. The molecule has 6 unspecified atom stereocenters. The van der Waals surface area contributed by atoms with E-state index in [0.29, 0.717) is 13.2 Å². The third-order valence-electron chi connectivity index (χ3n) is 4.85. The van der Waals surface area contributed by atoms with Gasteiger partial charge >= 0.3 is 0 Å². The lowest BCUT2D eigenvalue weighted by Crippen LogP contribution is -2.52. The molecular weight excluding hydrogens is 320 g/mol. The van der Waals surface area contributed by atoms with E-state index in [-0.39, 0.29) is 37.0 Å². The molecule has 0 aliphatic carbocycles. The van der Waals surface area contributed by atoms with E-state index in [0.717, 1.165) is 11.1 Å². The normalized spacial score (nSPS) is 36.3. The Morgan fingerprint density at radius 2 is 1.56 bits per heavy atom. The number of benzene rings is 2. The molecule has 3 fully saturated rings. The van der Waals surface area contributed by atoms with E-state index in [2.05, 4.69) is 0 Å². The van der Waals surface area contributed by atoms with Gasteiger partial charge < -0.3 is 23.7 Å². The highest BCUT2D eigenvalue weighted by Crippen LogP contribution is 2.43. The number of ether oxygens (including phenoxy) is 5. The summed E-state index contributed by atoms with van der Waals surface area (Å²) in [6.45, 7) is 0.978. The van der Waals surface area contributed by atoms with Crippen LogP contribution >= 0.6 is 0 Å². The van der Waals surface area contributed by atoms with E-state index in [1.54, 1.807) is 0 Å². The molecule has 0 bridgehead atoms. The van der Waals surface area contributed by atoms with Crippen LogP contribution in [-0.2, 0) is 30.3 Å². The molecule has 2 aromatic carbocycles. The van der Waals surface area contributed by atoms with Gasteiger partial charge in [0.05, 0.1) is 13.2 Å². The smallest absolute Gasteiger partial charge is 0.187 e. The first-order valence-corrected chi connectivity index (χ1v) is 8.67. The van der Waals surface area contributed by atoms with Crippen molar-refractivity contribution < 1.29 is 23.7 Å². The lowest BCUT2D eigenvalue weighted by Gasteiger charge is -2.39. The summed E-state index contributed by atoms with van der Waals surface area (Å²) in [5.74, 6) is 0. The maximum atomic E-state index is 6.11. The molecule has 0 saturated carbocycles. The second-order valence-electron chi connectivity index (χ2n) is 6.58. The van der Waals surface area contributed by atoms with E-state index in [4.69, 9.17) is 23.7 Å². The lowest BCUT2D eigenvalue weighted by atomic mass is 10.0. The average molecular weight is 340 g/mol. The number of rotatable bonds is 4. The first-order chi connectivity index (χ1) is 12.4. The predicted octanol–water partition coefficient (Wildman–Crippen LogP) is 2.81. The van der Waals surface area contributed by atoms with Crippen LogP contribution in [0.3, 0.4) is 0 Å². The molecule has 5 rings (SSSR count). The van der Waals surface area contributed by atoms with Gasteiger partial charge in [-0.05, 0) is 5.56 Å². The molecule has 5 nitrogen and oxygen atoms in total. The molecular formula is C20H20O5. The summed E-state index contributed by atoms with van der Waals surface area (Å²) < 4.78 is 29.7. The van der Waals surface area contributed by atoms with Crippen molar-refractivity contribution in [1.29, 1.82) is 0 Å². The van der Waals surface area contributed by atoms with E-state index in [9.17, 15) is 0 Å². The molecule has 0 radical (unpaired) electrons. The summed E-state index contributed by atoms with van der Waals surface area (Å²) in [5, 5.41) is 0. The minimum absolute atomic E-state index is 0.0228. The van der Waals surface area contributed by atoms with E-state index in [1.807, 2.05) is 60.7 Å². The molecule has 2 aromatic rings. The highest BCUT2D eigenvalue weighted by atomic mass is 16.8. The highest BCUT2D eigenvalue weighted by Gasteiger charge is 2.60. The summed E-state index contributed by atoms with van der Waals surface area (Å²) >= 11 is 0. The SMILES string of the molecule is c1ccc(COC2OC3COC(c4ccccc4)OC3C3OC23)cc1. The minimum atomic E-state index is -0.369. The van der Waals surface area contributed by atoms with Crippen molar-refractivity contribution in [2.75, 3.05) is 6.61 Å². The van der Waals surface area contributed by atoms with Crippen LogP contribution < -0.4 is 0 Å². The monoisotopic (exact) mass is 340 g/mol. The Morgan fingerprint density at radius 1 is 0.800 bits per heavy atom. The van der Waals surface area contributed by atoms with Crippen LogP contribution in [0.5, 0.6) is 0 Å². The van der Waals surface area contributed by atoms with Crippen molar-refractivity contribution in [2.45, 2.75) is 43.6 Å². The van der Waals surface area contributed by atoms with Gasteiger partial charge in [-0.2, -0.15) is 0 Å². The van der Waals surface area contributed by atoms with Gasteiger partial charge in [-0.3, -0.25) is 0 Å². The van der Waals surface area contributed by atoms with Gasteiger partial charge in [-0.15, -0.1) is 0 Å². The van der Waals surface area contributed by atoms with Crippen LogP contribution in [0.2, 0.25) is 0 Å². The predicted molar refractivity (Wildman–Crippen MR) is 88.6 cm³/mol. The Kier molecular flexibility index (Phi) is 4.04. The molecule has 0 spiro atoms. The zero-order valence-corrected chi connectivity index (χ0v) is 13.7. The second-order valence-corrected chi connectivity index (χ2v) is 6.58. The van der Waals surface area contributed by atoms with Crippen molar-refractivity contribution in [3.8, 4) is 0 Å². The third-order valence-corrected chi connectivity index (χ3v) is 4.85. The van der Waals surface area contributed by atoms with Gasteiger partial charge in [-0.1, -0.05) is 60.7 Å². The fraction of sp³-hybridized carbons (Fsp3) is 0.400. The number of fused-ring (bicyclic) bond motifs is 3. The molecule has 0 amide bonds. The Morgan fingerprint density at radius 3 is 2.36 bits per heavy atom. The molecule has 0 aromatic heterocycles. The molecule has 3 heterocycles. The number of hydrogen-bond donors (Lipinski definition) is 0. The van der Waals surface area contributed by atoms with Crippen molar-refractivity contribution >= 4 is 0 Å². The first-order valence-electron chi connectivity index (χ1n) is 8.67. The summed E-state index contributed by atoms with van der Waals surface area (Å²) in [7, 11) is 0. The van der Waals surface area contributed by atoms with Crippen LogP contribution in [-0.4, -0.2) is 37.3 Å². The molecule has 5 heteroatoms. The summed E-state index contributed by atoms with van der Waals surface area (Å²) in [5.41, 5.74) is 2.13. The van der Waals surface area contributed by atoms with Crippen LogP contribution in [0.1, 0.15) is 17.4 Å². The standard InChI is InChI=1S/C20H20O5/c1-3-7-13(8-4-1)11-21-20-18-17(24-18)16-15(23-20)12-22-19(25-16)14-9-5-2-6-10-14/h1-10,15-20H,11-12H2. The first kappa shape index (κ1) is 15.5. The number of hydrogen-bond acceptors (Lipinski definition) is 5. The number of epoxide rings is 1. The second kappa shape index (κ2) is 6.52. The van der Waals surface area contributed by atoms with Crippen LogP contribution in [0, 0.1) is 0 Å². The Bertz CT molecular complexity index is 707. The van der Waals surface area contributed by atoms with Gasteiger partial charge in [0, 0.05) is 5.56 Å². The molecule has 6 atom stereocenters. The van der Waals surface area contributed by atoms with E-state index >= 15 is 0 Å². The van der Waals surface area contributed by atoms with Gasteiger partial charge in [-0.25, -0.2) is 0 Å². The molecule has 0 N–H and O–H groups in total. The van der Waals surface area contributed by atoms with Crippen LogP contribution in [0.4, 0.5) is 0 Å². The van der Waals surface area contributed by atoms with Crippen molar-refractivity contribution in [1.82, 2.24) is 0 Å². The van der Waals surface area contributed by atoms with Gasteiger partial charge in [0.15, 0.2) is 12.6 Å². The van der Waals surface area contributed by atoms with Crippen LogP contribution in [0.25, 0.3) is 0 Å². The third kappa shape index (κ3) is 3.10. The molecule has 25 heavy (non-hydrogen) atoms. The van der Waals surface area contributed by atoms with Crippen molar-refractivity contribution in [3.63, 3.8) is 0 Å².